The smallest absolute Gasteiger partial charge is 0.00866 e. The van der Waals surface area contributed by atoms with E-state index in [0.717, 1.165) is 12.0 Å². The molecule has 0 aromatic heterocycles. The molecule has 80 valence electrons. The molecule has 0 saturated carbocycles. The Morgan fingerprint density at radius 2 is 1.38 bits per heavy atom. The maximum absolute atomic E-state index is 2.36. The fourth-order valence-electron chi connectivity index (χ4n) is 1.95. The highest BCUT2D eigenvalue weighted by Gasteiger charge is 2.11. The SMILES string of the molecule is CCC(CC)CCC(CC)N(C)C. The van der Waals surface area contributed by atoms with Crippen LogP contribution in [0.25, 0.3) is 0 Å². The molecule has 0 spiro atoms. The summed E-state index contributed by atoms with van der Waals surface area (Å²) in [6.07, 6.45) is 6.76. The molecule has 13 heavy (non-hydrogen) atoms. The van der Waals surface area contributed by atoms with Crippen molar-refractivity contribution in [2.24, 2.45) is 5.92 Å². The van der Waals surface area contributed by atoms with Gasteiger partial charge in [0.25, 0.3) is 0 Å². The van der Waals surface area contributed by atoms with Crippen LogP contribution in [0.1, 0.15) is 52.9 Å². The zero-order chi connectivity index (χ0) is 10.3. The van der Waals surface area contributed by atoms with Crippen molar-refractivity contribution in [2.75, 3.05) is 14.1 Å². The van der Waals surface area contributed by atoms with Crippen LogP contribution in [0.5, 0.6) is 0 Å². The van der Waals surface area contributed by atoms with E-state index >= 15 is 0 Å². The van der Waals surface area contributed by atoms with E-state index in [1.807, 2.05) is 0 Å². The Kier molecular flexibility index (Phi) is 7.35. The molecule has 0 amide bonds. The molecule has 0 aromatic carbocycles. The van der Waals surface area contributed by atoms with E-state index in [1.165, 1.54) is 32.1 Å². The van der Waals surface area contributed by atoms with Gasteiger partial charge in [0.1, 0.15) is 0 Å². The summed E-state index contributed by atoms with van der Waals surface area (Å²) in [6.45, 7) is 6.91. The highest BCUT2D eigenvalue weighted by atomic mass is 15.1. The summed E-state index contributed by atoms with van der Waals surface area (Å²) < 4.78 is 0. The third kappa shape index (κ3) is 5.30. The Morgan fingerprint density at radius 1 is 0.846 bits per heavy atom. The zero-order valence-electron chi connectivity index (χ0n) is 10.1. The third-order valence-electron chi connectivity index (χ3n) is 3.26. The molecule has 1 atom stereocenters. The van der Waals surface area contributed by atoms with Gasteiger partial charge in [-0.15, -0.1) is 0 Å². The van der Waals surface area contributed by atoms with Crippen LogP contribution in [-0.2, 0) is 0 Å². The normalized spacial score (nSPS) is 14.1. The minimum Gasteiger partial charge on any atom is -0.306 e. The molecule has 0 N–H and O–H groups in total. The van der Waals surface area contributed by atoms with Crippen LogP contribution in [-0.4, -0.2) is 25.0 Å². The molecule has 0 aliphatic heterocycles. The molecule has 0 radical (unpaired) electrons. The van der Waals surface area contributed by atoms with Gasteiger partial charge in [-0.05, 0) is 39.3 Å². The van der Waals surface area contributed by atoms with Crippen molar-refractivity contribution >= 4 is 0 Å². The van der Waals surface area contributed by atoms with E-state index in [2.05, 4.69) is 39.8 Å². The molecule has 0 fully saturated rings. The zero-order valence-corrected chi connectivity index (χ0v) is 10.1. The second-order valence-corrected chi connectivity index (χ2v) is 4.29. The van der Waals surface area contributed by atoms with Crippen molar-refractivity contribution < 1.29 is 0 Å². The quantitative estimate of drug-likeness (QED) is 0.586. The van der Waals surface area contributed by atoms with Crippen molar-refractivity contribution in [3.8, 4) is 0 Å². The number of rotatable bonds is 7. The minimum absolute atomic E-state index is 0.792. The van der Waals surface area contributed by atoms with E-state index in [-0.39, 0.29) is 0 Å². The summed E-state index contributed by atoms with van der Waals surface area (Å²) in [5.74, 6) is 0.953. The first-order valence-corrected chi connectivity index (χ1v) is 5.82. The molecule has 1 unspecified atom stereocenters. The molecular weight excluding hydrogens is 158 g/mol. The van der Waals surface area contributed by atoms with Gasteiger partial charge in [0.05, 0.1) is 0 Å². The van der Waals surface area contributed by atoms with E-state index in [1.54, 1.807) is 0 Å². The van der Waals surface area contributed by atoms with Gasteiger partial charge in [-0.2, -0.15) is 0 Å². The van der Waals surface area contributed by atoms with Crippen molar-refractivity contribution in [3.05, 3.63) is 0 Å². The summed E-state index contributed by atoms with van der Waals surface area (Å²) in [4.78, 5) is 2.36. The molecule has 0 bridgehead atoms. The fraction of sp³-hybridized carbons (Fsp3) is 1.00. The minimum atomic E-state index is 0.792. The topological polar surface area (TPSA) is 3.24 Å². The van der Waals surface area contributed by atoms with Crippen LogP contribution in [0.15, 0.2) is 0 Å². The molecule has 1 nitrogen and oxygen atoms in total. The molecule has 0 aliphatic carbocycles. The predicted octanol–water partition coefficient (Wildman–Crippen LogP) is 3.54. The monoisotopic (exact) mass is 185 g/mol. The average molecular weight is 185 g/mol. The van der Waals surface area contributed by atoms with Crippen LogP contribution >= 0.6 is 0 Å². The summed E-state index contributed by atoms with van der Waals surface area (Å²) in [5.41, 5.74) is 0. The first kappa shape index (κ1) is 13.0. The van der Waals surface area contributed by atoms with Gasteiger partial charge in [0, 0.05) is 6.04 Å². The van der Waals surface area contributed by atoms with Crippen LogP contribution in [0.4, 0.5) is 0 Å². The lowest BCUT2D eigenvalue weighted by Gasteiger charge is -2.24. The Morgan fingerprint density at radius 3 is 1.69 bits per heavy atom. The first-order chi connectivity index (χ1) is 6.15. The maximum atomic E-state index is 2.36. The van der Waals surface area contributed by atoms with E-state index in [4.69, 9.17) is 0 Å². The van der Waals surface area contributed by atoms with Crippen molar-refractivity contribution in [2.45, 2.75) is 58.9 Å². The van der Waals surface area contributed by atoms with E-state index < -0.39 is 0 Å². The largest absolute Gasteiger partial charge is 0.306 e. The highest BCUT2D eigenvalue weighted by Crippen LogP contribution is 2.18. The molecule has 1 heteroatoms. The molecule has 0 aliphatic rings. The summed E-state index contributed by atoms with van der Waals surface area (Å²) in [6, 6.07) is 0.792. The molecule has 0 heterocycles. The third-order valence-corrected chi connectivity index (χ3v) is 3.26. The lowest BCUT2D eigenvalue weighted by molar-refractivity contribution is 0.250. The van der Waals surface area contributed by atoms with Gasteiger partial charge < -0.3 is 4.90 Å². The first-order valence-electron chi connectivity index (χ1n) is 5.82. The van der Waals surface area contributed by atoms with Crippen LogP contribution in [0, 0.1) is 5.92 Å². The van der Waals surface area contributed by atoms with Gasteiger partial charge in [-0.3, -0.25) is 0 Å². The summed E-state index contributed by atoms with van der Waals surface area (Å²) in [7, 11) is 4.39. The van der Waals surface area contributed by atoms with Gasteiger partial charge in [0.15, 0.2) is 0 Å². The van der Waals surface area contributed by atoms with Gasteiger partial charge in [-0.25, -0.2) is 0 Å². The molecular formula is C12H27N. The lowest BCUT2D eigenvalue weighted by Crippen LogP contribution is -2.27. The van der Waals surface area contributed by atoms with Crippen LogP contribution in [0.2, 0.25) is 0 Å². The number of hydrogen-bond donors (Lipinski definition) is 0. The van der Waals surface area contributed by atoms with Gasteiger partial charge in [-0.1, -0.05) is 33.6 Å². The van der Waals surface area contributed by atoms with Crippen molar-refractivity contribution in [3.63, 3.8) is 0 Å². The maximum Gasteiger partial charge on any atom is 0.00866 e. The molecule has 0 rings (SSSR count). The number of hydrogen-bond acceptors (Lipinski definition) is 1. The summed E-state index contributed by atoms with van der Waals surface area (Å²) >= 11 is 0. The Balaban J connectivity index is 3.69. The van der Waals surface area contributed by atoms with Crippen LogP contribution in [0.3, 0.4) is 0 Å². The standard InChI is InChI=1S/C12H27N/c1-6-11(7-2)9-10-12(8-3)13(4)5/h11-12H,6-10H2,1-5H3. The second kappa shape index (κ2) is 7.37. The molecule has 0 saturated heterocycles. The van der Waals surface area contributed by atoms with E-state index in [0.29, 0.717) is 0 Å². The summed E-state index contributed by atoms with van der Waals surface area (Å²) in [5, 5.41) is 0. The average Bonchev–Trinajstić information content (AvgIpc) is 2.12. The van der Waals surface area contributed by atoms with Crippen molar-refractivity contribution in [1.82, 2.24) is 4.90 Å². The van der Waals surface area contributed by atoms with Crippen LogP contribution < -0.4 is 0 Å². The highest BCUT2D eigenvalue weighted by molar-refractivity contribution is 4.66. The number of nitrogens with zero attached hydrogens (tertiary/aromatic N) is 1. The lowest BCUT2D eigenvalue weighted by atomic mass is 9.94. The van der Waals surface area contributed by atoms with Gasteiger partial charge >= 0.3 is 0 Å². The Bertz CT molecular complexity index is 106. The van der Waals surface area contributed by atoms with Gasteiger partial charge in [0.2, 0.25) is 0 Å². The predicted molar refractivity (Wildman–Crippen MR) is 61.1 cm³/mol. The Labute approximate surface area is 84.5 Å². The molecule has 0 aromatic rings. The Hall–Kier alpha value is -0.0400. The fourth-order valence-corrected chi connectivity index (χ4v) is 1.95. The second-order valence-electron chi connectivity index (χ2n) is 4.29. The van der Waals surface area contributed by atoms with Crippen molar-refractivity contribution in [1.29, 1.82) is 0 Å². The van der Waals surface area contributed by atoms with E-state index in [9.17, 15) is 0 Å².